The first-order valence-corrected chi connectivity index (χ1v) is 9.98. The molecule has 1 aromatic carbocycles. The van der Waals surface area contributed by atoms with E-state index < -0.39 is 10.0 Å². The number of hydrogen-bond donors (Lipinski definition) is 0. The van der Waals surface area contributed by atoms with Crippen LogP contribution in [0.1, 0.15) is 15.9 Å². The Labute approximate surface area is 157 Å². The standard InChI is InChI=1S/C18H18ClN3O3S/c19-17-14-16(6-8-20-17)18(23)21-9-11-22(12-10-21)26(24,25)13-7-15-4-2-1-3-5-15/h1-8,13-14H,9-12H2/b13-7+. The molecule has 2 aromatic rings. The lowest BCUT2D eigenvalue weighted by Gasteiger charge is -2.33. The van der Waals surface area contributed by atoms with Crippen molar-refractivity contribution in [3.63, 3.8) is 0 Å². The number of rotatable bonds is 4. The van der Waals surface area contributed by atoms with Crippen molar-refractivity contribution in [3.05, 3.63) is 70.3 Å². The third kappa shape index (κ3) is 4.49. The van der Waals surface area contributed by atoms with E-state index in [0.29, 0.717) is 18.7 Å². The summed E-state index contributed by atoms with van der Waals surface area (Å²) in [6.07, 6.45) is 3.05. The first-order valence-electron chi connectivity index (χ1n) is 8.10. The zero-order chi connectivity index (χ0) is 18.6. The zero-order valence-corrected chi connectivity index (χ0v) is 15.5. The average Bonchev–Trinajstić information content (AvgIpc) is 2.67. The van der Waals surface area contributed by atoms with Crippen molar-refractivity contribution >= 4 is 33.6 Å². The molecule has 6 nitrogen and oxygen atoms in total. The minimum Gasteiger partial charge on any atom is -0.336 e. The number of aromatic nitrogens is 1. The smallest absolute Gasteiger partial charge is 0.254 e. The third-order valence-corrected chi connectivity index (χ3v) is 5.86. The number of carbonyl (C=O) groups is 1. The van der Waals surface area contributed by atoms with Crippen molar-refractivity contribution in [1.82, 2.24) is 14.2 Å². The van der Waals surface area contributed by atoms with Crippen LogP contribution >= 0.6 is 11.6 Å². The van der Waals surface area contributed by atoms with Crippen LogP contribution in [0.4, 0.5) is 0 Å². The maximum Gasteiger partial charge on any atom is 0.254 e. The normalized spacial score (nSPS) is 16.1. The van der Waals surface area contributed by atoms with Gasteiger partial charge in [0, 0.05) is 43.3 Å². The van der Waals surface area contributed by atoms with Gasteiger partial charge in [0.15, 0.2) is 0 Å². The van der Waals surface area contributed by atoms with E-state index in [-0.39, 0.29) is 24.1 Å². The topological polar surface area (TPSA) is 70.6 Å². The summed E-state index contributed by atoms with van der Waals surface area (Å²) in [4.78, 5) is 18.0. The van der Waals surface area contributed by atoms with E-state index in [4.69, 9.17) is 11.6 Å². The zero-order valence-electron chi connectivity index (χ0n) is 14.0. The minimum atomic E-state index is -3.52. The highest BCUT2D eigenvalue weighted by Gasteiger charge is 2.27. The maximum atomic E-state index is 12.5. The summed E-state index contributed by atoms with van der Waals surface area (Å²) in [6.45, 7) is 1.17. The molecule has 0 unspecified atom stereocenters. The fourth-order valence-electron chi connectivity index (χ4n) is 2.68. The molecule has 0 saturated carbocycles. The number of carbonyl (C=O) groups excluding carboxylic acids is 1. The van der Waals surface area contributed by atoms with Gasteiger partial charge in [0.2, 0.25) is 10.0 Å². The Morgan fingerprint density at radius 3 is 2.42 bits per heavy atom. The van der Waals surface area contributed by atoms with Gasteiger partial charge in [0.25, 0.3) is 5.91 Å². The average molecular weight is 392 g/mol. The van der Waals surface area contributed by atoms with Gasteiger partial charge in [-0.25, -0.2) is 13.4 Å². The van der Waals surface area contributed by atoms with E-state index >= 15 is 0 Å². The highest BCUT2D eigenvalue weighted by atomic mass is 35.5. The van der Waals surface area contributed by atoms with Crippen LogP contribution in [0.2, 0.25) is 5.15 Å². The molecule has 1 aliphatic heterocycles. The quantitative estimate of drug-likeness (QED) is 0.751. The maximum absolute atomic E-state index is 12.5. The van der Waals surface area contributed by atoms with Crippen LogP contribution in [0.25, 0.3) is 6.08 Å². The second-order valence-electron chi connectivity index (χ2n) is 5.82. The van der Waals surface area contributed by atoms with Gasteiger partial charge < -0.3 is 4.90 Å². The van der Waals surface area contributed by atoms with E-state index in [2.05, 4.69) is 4.98 Å². The number of halogens is 1. The summed E-state index contributed by atoms with van der Waals surface area (Å²) in [5, 5.41) is 1.46. The Morgan fingerprint density at radius 1 is 1.08 bits per heavy atom. The molecule has 0 aliphatic carbocycles. The molecule has 3 rings (SSSR count). The third-order valence-electron chi connectivity index (χ3n) is 4.09. The van der Waals surface area contributed by atoms with Gasteiger partial charge in [-0.15, -0.1) is 0 Å². The number of benzene rings is 1. The summed E-state index contributed by atoms with van der Waals surface area (Å²) < 4.78 is 26.3. The van der Waals surface area contributed by atoms with Gasteiger partial charge in [-0.1, -0.05) is 41.9 Å². The molecule has 2 heterocycles. The Morgan fingerprint density at radius 2 is 1.77 bits per heavy atom. The molecule has 0 radical (unpaired) electrons. The lowest BCUT2D eigenvalue weighted by atomic mass is 10.2. The van der Waals surface area contributed by atoms with Gasteiger partial charge in [-0.2, -0.15) is 4.31 Å². The van der Waals surface area contributed by atoms with Crippen molar-refractivity contribution in [3.8, 4) is 0 Å². The number of sulfonamides is 1. The molecule has 0 bridgehead atoms. The summed E-state index contributed by atoms with van der Waals surface area (Å²) in [5.74, 6) is -0.175. The van der Waals surface area contributed by atoms with Gasteiger partial charge in [-0.05, 0) is 23.8 Å². The van der Waals surface area contributed by atoms with Crippen LogP contribution in [0.15, 0.2) is 54.1 Å². The summed E-state index contributed by atoms with van der Waals surface area (Å²) in [7, 11) is -3.52. The van der Waals surface area contributed by atoms with Crippen molar-refractivity contribution in [1.29, 1.82) is 0 Å². The van der Waals surface area contributed by atoms with Crippen LogP contribution in [0, 0.1) is 0 Å². The Bertz CT molecular complexity index is 908. The Hall–Kier alpha value is -2.22. The Kier molecular flexibility index (Phi) is 5.70. The number of pyridine rings is 1. The van der Waals surface area contributed by atoms with Gasteiger partial charge in [0.05, 0.1) is 0 Å². The van der Waals surface area contributed by atoms with Crippen LogP contribution < -0.4 is 0 Å². The monoisotopic (exact) mass is 391 g/mol. The number of hydrogen-bond acceptors (Lipinski definition) is 4. The van der Waals surface area contributed by atoms with Gasteiger partial charge in [0.1, 0.15) is 5.15 Å². The van der Waals surface area contributed by atoms with E-state index in [1.807, 2.05) is 30.3 Å². The molecular formula is C18H18ClN3O3S. The second-order valence-corrected chi connectivity index (χ2v) is 8.02. The molecular weight excluding hydrogens is 374 g/mol. The molecule has 136 valence electrons. The molecule has 0 N–H and O–H groups in total. The molecule has 26 heavy (non-hydrogen) atoms. The SMILES string of the molecule is O=C(c1ccnc(Cl)c1)N1CCN(S(=O)(=O)/C=C/c2ccccc2)CC1. The van der Waals surface area contributed by atoms with E-state index in [1.165, 1.54) is 22.0 Å². The number of amides is 1. The van der Waals surface area contributed by atoms with E-state index in [0.717, 1.165) is 5.56 Å². The second kappa shape index (κ2) is 7.99. The summed E-state index contributed by atoms with van der Waals surface area (Å²) in [5.41, 5.74) is 1.27. The van der Waals surface area contributed by atoms with Crippen molar-refractivity contribution in [2.45, 2.75) is 0 Å². The Balaban J connectivity index is 1.62. The number of nitrogens with zero attached hydrogens (tertiary/aromatic N) is 3. The highest BCUT2D eigenvalue weighted by Crippen LogP contribution is 2.15. The predicted octanol–water partition coefficient (Wildman–Crippen LogP) is 2.49. The molecule has 1 aliphatic rings. The fourth-order valence-corrected chi connectivity index (χ4v) is 4.03. The largest absolute Gasteiger partial charge is 0.336 e. The van der Waals surface area contributed by atoms with E-state index in [1.54, 1.807) is 17.0 Å². The molecule has 1 saturated heterocycles. The highest BCUT2D eigenvalue weighted by molar-refractivity contribution is 7.92. The van der Waals surface area contributed by atoms with Crippen LogP contribution in [0.5, 0.6) is 0 Å². The molecule has 8 heteroatoms. The summed E-state index contributed by atoms with van der Waals surface area (Å²) >= 11 is 5.82. The minimum absolute atomic E-state index is 0.175. The van der Waals surface area contributed by atoms with Crippen LogP contribution in [0.3, 0.4) is 0 Å². The van der Waals surface area contributed by atoms with Crippen LogP contribution in [-0.2, 0) is 10.0 Å². The molecule has 1 aromatic heterocycles. The van der Waals surface area contributed by atoms with Crippen molar-refractivity contribution in [2.75, 3.05) is 26.2 Å². The first-order chi connectivity index (χ1) is 12.5. The van der Waals surface area contributed by atoms with Gasteiger partial charge in [-0.3, -0.25) is 4.79 Å². The fraction of sp³-hybridized carbons (Fsp3) is 0.222. The summed E-state index contributed by atoms with van der Waals surface area (Å²) in [6, 6.07) is 12.3. The number of piperazine rings is 1. The lowest BCUT2D eigenvalue weighted by molar-refractivity contribution is 0.0698. The van der Waals surface area contributed by atoms with E-state index in [9.17, 15) is 13.2 Å². The van der Waals surface area contributed by atoms with Crippen molar-refractivity contribution in [2.24, 2.45) is 0 Å². The molecule has 1 amide bonds. The van der Waals surface area contributed by atoms with Gasteiger partial charge >= 0.3 is 0 Å². The molecule has 0 spiro atoms. The molecule has 0 atom stereocenters. The first kappa shape index (κ1) is 18.6. The predicted molar refractivity (Wildman–Crippen MR) is 101 cm³/mol. The van der Waals surface area contributed by atoms with Crippen molar-refractivity contribution < 1.29 is 13.2 Å². The lowest BCUT2D eigenvalue weighted by Crippen LogP contribution is -2.50. The molecule has 1 fully saturated rings. The van der Waals surface area contributed by atoms with Crippen LogP contribution in [-0.4, -0.2) is 54.7 Å².